The topological polar surface area (TPSA) is 65.1 Å². The normalized spacial score (nSPS) is 22.1. The summed E-state index contributed by atoms with van der Waals surface area (Å²) in [5, 5.41) is 12.6. The van der Waals surface area contributed by atoms with Crippen LogP contribution < -0.4 is 10.9 Å². The average Bonchev–Trinajstić information content (AvgIpc) is 2.23. The lowest BCUT2D eigenvalue weighted by Gasteiger charge is -2.22. The third-order valence-corrected chi connectivity index (χ3v) is 2.67. The van der Waals surface area contributed by atoms with Crippen molar-refractivity contribution in [3.63, 3.8) is 0 Å². The summed E-state index contributed by atoms with van der Waals surface area (Å²) in [7, 11) is 0. The van der Waals surface area contributed by atoms with Crippen molar-refractivity contribution in [3.05, 3.63) is 28.2 Å². The van der Waals surface area contributed by atoms with Gasteiger partial charge in [-0.2, -0.15) is 0 Å². The fourth-order valence-corrected chi connectivity index (χ4v) is 1.86. The SMILES string of the molecule is O=c1[nH]cc(C2CCCNC2)cc1O. The smallest absolute Gasteiger partial charge is 0.290 e. The van der Waals surface area contributed by atoms with Gasteiger partial charge in [-0.3, -0.25) is 4.79 Å². The summed E-state index contributed by atoms with van der Waals surface area (Å²) < 4.78 is 0. The van der Waals surface area contributed by atoms with Gasteiger partial charge in [0.1, 0.15) is 0 Å². The third kappa shape index (κ3) is 1.80. The summed E-state index contributed by atoms with van der Waals surface area (Å²) in [6.07, 6.45) is 3.95. The largest absolute Gasteiger partial charge is 0.503 e. The van der Waals surface area contributed by atoms with E-state index >= 15 is 0 Å². The first-order valence-electron chi connectivity index (χ1n) is 4.89. The van der Waals surface area contributed by atoms with Crippen molar-refractivity contribution in [2.75, 3.05) is 13.1 Å². The fraction of sp³-hybridized carbons (Fsp3) is 0.500. The molecular formula is C10H14N2O2. The number of aromatic nitrogens is 1. The molecule has 1 unspecified atom stereocenters. The molecule has 4 nitrogen and oxygen atoms in total. The molecule has 0 spiro atoms. The van der Waals surface area contributed by atoms with E-state index in [1.54, 1.807) is 12.3 Å². The lowest BCUT2D eigenvalue weighted by Crippen LogP contribution is -2.28. The minimum atomic E-state index is -0.419. The van der Waals surface area contributed by atoms with Gasteiger partial charge in [-0.25, -0.2) is 0 Å². The second kappa shape index (κ2) is 3.84. The van der Waals surface area contributed by atoms with Gasteiger partial charge >= 0.3 is 0 Å². The molecule has 1 aromatic rings. The van der Waals surface area contributed by atoms with Crippen LogP contribution in [0.25, 0.3) is 0 Å². The molecular weight excluding hydrogens is 180 g/mol. The van der Waals surface area contributed by atoms with Crippen LogP contribution in [0.2, 0.25) is 0 Å². The zero-order chi connectivity index (χ0) is 9.97. The Morgan fingerprint density at radius 2 is 2.36 bits per heavy atom. The molecule has 0 aliphatic carbocycles. The Bertz CT molecular complexity index is 367. The molecule has 1 atom stereocenters. The molecule has 1 saturated heterocycles. The molecule has 1 aromatic heterocycles. The molecule has 14 heavy (non-hydrogen) atoms. The predicted molar refractivity (Wildman–Crippen MR) is 53.6 cm³/mol. The highest BCUT2D eigenvalue weighted by Gasteiger charge is 2.15. The first-order chi connectivity index (χ1) is 6.77. The number of aromatic hydroxyl groups is 1. The van der Waals surface area contributed by atoms with Gasteiger partial charge < -0.3 is 15.4 Å². The number of H-pyrrole nitrogens is 1. The van der Waals surface area contributed by atoms with Crippen molar-refractivity contribution in [1.82, 2.24) is 10.3 Å². The van der Waals surface area contributed by atoms with E-state index in [1.165, 1.54) is 0 Å². The maximum absolute atomic E-state index is 10.9. The van der Waals surface area contributed by atoms with E-state index in [1.807, 2.05) is 0 Å². The Labute approximate surface area is 82.0 Å². The van der Waals surface area contributed by atoms with Gasteiger partial charge in [0.25, 0.3) is 5.56 Å². The number of hydrogen-bond donors (Lipinski definition) is 3. The van der Waals surface area contributed by atoms with E-state index in [0.29, 0.717) is 5.92 Å². The number of pyridine rings is 1. The highest BCUT2D eigenvalue weighted by atomic mass is 16.3. The van der Waals surface area contributed by atoms with Crippen LogP contribution >= 0.6 is 0 Å². The van der Waals surface area contributed by atoms with Crippen molar-refractivity contribution in [1.29, 1.82) is 0 Å². The summed E-state index contributed by atoms with van der Waals surface area (Å²) in [5.74, 6) is 0.222. The van der Waals surface area contributed by atoms with Crippen LogP contribution in [-0.2, 0) is 0 Å². The van der Waals surface area contributed by atoms with Gasteiger partial charge in [0.2, 0.25) is 0 Å². The summed E-state index contributed by atoms with van der Waals surface area (Å²) in [6, 6.07) is 1.57. The van der Waals surface area contributed by atoms with Crippen molar-refractivity contribution in [2.24, 2.45) is 0 Å². The Hall–Kier alpha value is -1.29. The van der Waals surface area contributed by atoms with Crippen LogP contribution in [0.5, 0.6) is 5.75 Å². The van der Waals surface area contributed by atoms with Crippen molar-refractivity contribution >= 4 is 0 Å². The molecule has 2 rings (SSSR count). The van der Waals surface area contributed by atoms with Crippen molar-refractivity contribution in [3.8, 4) is 5.75 Å². The van der Waals surface area contributed by atoms with Gasteiger partial charge in [0.15, 0.2) is 5.75 Å². The molecule has 76 valence electrons. The zero-order valence-corrected chi connectivity index (χ0v) is 7.92. The highest BCUT2D eigenvalue weighted by Crippen LogP contribution is 2.23. The van der Waals surface area contributed by atoms with Crippen molar-refractivity contribution in [2.45, 2.75) is 18.8 Å². The molecule has 2 heterocycles. The van der Waals surface area contributed by atoms with E-state index < -0.39 is 5.56 Å². The molecule has 1 aliphatic heterocycles. The first kappa shape index (κ1) is 9.27. The lowest BCUT2D eigenvalue weighted by atomic mass is 9.93. The number of piperidine rings is 1. The van der Waals surface area contributed by atoms with Crippen LogP contribution in [0.15, 0.2) is 17.1 Å². The van der Waals surface area contributed by atoms with Crippen LogP contribution in [0.3, 0.4) is 0 Å². The molecule has 1 aliphatic rings. The molecule has 0 saturated carbocycles. The third-order valence-electron chi connectivity index (χ3n) is 2.67. The standard InChI is InChI=1S/C10H14N2O2/c13-9-4-8(6-12-10(9)14)7-2-1-3-11-5-7/h4,6-7,11,13H,1-3,5H2,(H,12,14). The summed E-state index contributed by atoms with van der Waals surface area (Å²) in [5.41, 5.74) is 0.590. The minimum Gasteiger partial charge on any atom is -0.503 e. The molecule has 0 aromatic carbocycles. The van der Waals surface area contributed by atoms with Gasteiger partial charge in [0, 0.05) is 12.7 Å². The molecule has 3 N–H and O–H groups in total. The van der Waals surface area contributed by atoms with Crippen LogP contribution in [0.4, 0.5) is 0 Å². The van der Waals surface area contributed by atoms with Crippen LogP contribution in [0.1, 0.15) is 24.3 Å². The Kier molecular flexibility index (Phi) is 2.54. The van der Waals surface area contributed by atoms with Crippen molar-refractivity contribution < 1.29 is 5.11 Å². The van der Waals surface area contributed by atoms with Gasteiger partial charge in [-0.05, 0) is 36.9 Å². The zero-order valence-electron chi connectivity index (χ0n) is 7.92. The molecule has 0 amide bonds. The van der Waals surface area contributed by atoms with Crippen LogP contribution in [-0.4, -0.2) is 23.2 Å². The monoisotopic (exact) mass is 194 g/mol. The molecule has 0 radical (unpaired) electrons. The molecule has 0 bridgehead atoms. The molecule has 4 heteroatoms. The van der Waals surface area contributed by atoms with E-state index in [-0.39, 0.29) is 5.75 Å². The first-order valence-corrected chi connectivity index (χ1v) is 4.89. The van der Waals surface area contributed by atoms with Gasteiger partial charge in [-0.1, -0.05) is 0 Å². The summed E-state index contributed by atoms with van der Waals surface area (Å²) >= 11 is 0. The Morgan fingerprint density at radius 3 is 3.00 bits per heavy atom. The van der Waals surface area contributed by atoms with E-state index in [9.17, 15) is 9.90 Å². The van der Waals surface area contributed by atoms with E-state index in [2.05, 4.69) is 10.3 Å². The van der Waals surface area contributed by atoms with Gasteiger partial charge in [0.05, 0.1) is 0 Å². The quantitative estimate of drug-likeness (QED) is 0.611. The summed E-state index contributed by atoms with van der Waals surface area (Å²) in [4.78, 5) is 13.5. The predicted octanol–water partition coefficient (Wildman–Crippen LogP) is 0.547. The molecule has 1 fully saturated rings. The average molecular weight is 194 g/mol. The number of nitrogens with one attached hydrogen (secondary N) is 2. The second-order valence-corrected chi connectivity index (χ2v) is 3.69. The Balaban J connectivity index is 2.22. The second-order valence-electron chi connectivity index (χ2n) is 3.69. The Morgan fingerprint density at radius 1 is 1.50 bits per heavy atom. The maximum Gasteiger partial charge on any atom is 0.290 e. The van der Waals surface area contributed by atoms with E-state index in [4.69, 9.17) is 0 Å². The number of aromatic amines is 1. The fourth-order valence-electron chi connectivity index (χ4n) is 1.86. The number of rotatable bonds is 1. The van der Waals surface area contributed by atoms with Gasteiger partial charge in [-0.15, -0.1) is 0 Å². The van der Waals surface area contributed by atoms with Crippen LogP contribution in [0, 0.1) is 0 Å². The summed E-state index contributed by atoms with van der Waals surface area (Å²) in [6.45, 7) is 1.98. The lowest BCUT2D eigenvalue weighted by molar-refractivity contribution is 0.447. The maximum atomic E-state index is 10.9. The highest BCUT2D eigenvalue weighted by molar-refractivity contribution is 5.25. The number of hydrogen-bond acceptors (Lipinski definition) is 3. The minimum absolute atomic E-state index is 0.187. The van der Waals surface area contributed by atoms with E-state index in [0.717, 1.165) is 31.5 Å².